The average Bonchev–Trinajstić information content (AvgIpc) is 1.31. The number of carbonyl (C=O) groups excluding carboxylic acids is 8. The van der Waals surface area contributed by atoms with Crippen molar-refractivity contribution in [2.75, 3.05) is 26.4 Å². The second-order valence-electron chi connectivity index (χ2n) is 27.5. The molecule has 5 N–H and O–H groups in total. The van der Waals surface area contributed by atoms with Crippen LogP contribution in [0.25, 0.3) is 0 Å². The summed E-state index contributed by atoms with van der Waals surface area (Å²) >= 11 is 1.04. The summed E-state index contributed by atoms with van der Waals surface area (Å²) in [7, 11) is 0. The topological polar surface area (TPSA) is 282 Å². The third-order valence-electron chi connectivity index (χ3n) is 19.2. The molecule has 5 atom stereocenters. The van der Waals surface area contributed by atoms with E-state index in [1.807, 2.05) is 97.1 Å². The van der Waals surface area contributed by atoms with Crippen LogP contribution < -0.4 is 40.2 Å². The minimum atomic E-state index is -0.728. The van der Waals surface area contributed by atoms with Gasteiger partial charge in [-0.3, -0.25) is 45.2 Å². The Morgan fingerprint density at radius 2 is 0.713 bits per heavy atom. The van der Waals surface area contributed by atoms with Crippen LogP contribution in [0.1, 0.15) is 172 Å². The summed E-state index contributed by atoms with van der Waals surface area (Å²) < 4.78 is 38.5. The Labute approximate surface area is 554 Å². The van der Waals surface area contributed by atoms with Gasteiger partial charge in [0.1, 0.15) is 23.0 Å². The summed E-state index contributed by atoms with van der Waals surface area (Å²) in [5.41, 5.74) is 5.24. The number of amides is 8. The molecule has 4 saturated carbocycles. The third-order valence-corrected chi connectivity index (χ3v) is 20.1. The number of ether oxygens (including phenoxy) is 7. The molecule has 0 radical (unpaired) electrons. The molecule has 506 valence electrons. The highest BCUT2D eigenvalue weighted by atomic mass is 32.2. The first-order valence-corrected chi connectivity index (χ1v) is 34.1. The Morgan fingerprint density at radius 3 is 1.02 bits per heavy atom. The molecule has 4 aromatic rings. The van der Waals surface area contributed by atoms with Gasteiger partial charge in [-0.2, -0.15) is 0 Å². The van der Waals surface area contributed by atoms with Crippen LogP contribution in [0.3, 0.4) is 0 Å². The van der Waals surface area contributed by atoms with Gasteiger partial charge in [-0.1, -0.05) is 157 Å². The van der Waals surface area contributed by atoms with Gasteiger partial charge in [0.25, 0.3) is 23.0 Å². The van der Waals surface area contributed by atoms with Gasteiger partial charge in [0.2, 0.25) is 5.91 Å². The predicted molar refractivity (Wildman–Crippen MR) is 352 cm³/mol. The monoisotopic (exact) mass is 1310 g/mol. The number of nitrogens with one attached hydrogen (secondary N) is 4. The molecule has 22 heteroatoms. The van der Waals surface area contributed by atoms with Crippen LogP contribution in [0.2, 0.25) is 0 Å². The van der Waals surface area contributed by atoms with Crippen molar-refractivity contribution in [1.82, 2.24) is 21.3 Å². The van der Waals surface area contributed by atoms with E-state index in [0.29, 0.717) is 37.7 Å². The van der Waals surface area contributed by atoms with Gasteiger partial charge in [-0.05, 0) is 135 Å². The third kappa shape index (κ3) is 20.9. The fourth-order valence-corrected chi connectivity index (χ4v) is 14.0. The van der Waals surface area contributed by atoms with Gasteiger partial charge in [-0.15, -0.1) is 0 Å². The summed E-state index contributed by atoms with van der Waals surface area (Å²) in [5.74, 6) is 1.92. The Balaban J connectivity index is 0.000000148. The first-order valence-electron chi connectivity index (χ1n) is 33.3. The standard InChI is InChI=1S/C19H25NO4.C18H22N2O4S.C18H23NO4.C17H21NO4/c1-19(10-4-2-3-5-11-19)13-23-15-8-6-14(7-9-15)12-16-17(21)20-18(22)24-16;1-18(9-3-2-4-15(18)20-23)11-24-13-7-5-12(6-8-13)10-14-16(21)19-17(22)25-14;1-18(9-3-2-4-10-18)12-22-14-7-5-13(6-8-14)11-15-16(20)19-17(21)23-15;1-17(8-2-3-9-17)11-21-13-6-4-12(5-7-13)10-14-15(19)18-16(20)22-14/h6-9,16H,2-5,10-13H2,1H3,(H,20,21,22);5-8,14,23H,2-4,9-11H2,1H3,(H,19,21,22);5-8,15H,2-4,9-12H2,1H3,(H,19,20,21);4-7,14H,2-3,8-11H2,1H3,(H,18,19,20)/b;20-15-;;. The zero-order valence-electron chi connectivity index (χ0n) is 54.6. The molecule has 4 aliphatic heterocycles. The highest BCUT2D eigenvalue weighted by Gasteiger charge is 2.38. The molecule has 4 aromatic carbocycles. The number of hydrogen-bond acceptors (Lipinski definition) is 18. The molecule has 12 rings (SSSR count). The van der Waals surface area contributed by atoms with E-state index in [0.717, 1.165) is 108 Å². The number of benzene rings is 4. The van der Waals surface area contributed by atoms with Crippen LogP contribution in [-0.4, -0.2) is 108 Å². The van der Waals surface area contributed by atoms with E-state index in [1.54, 1.807) is 0 Å². The van der Waals surface area contributed by atoms with Crippen LogP contribution in [0.4, 0.5) is 19.2 Å². The normalized spacial score (nSPS) is 24.6. The van der Waals surface area contributed by atoms with E-state index >= 15 is 0 Å². The van der Waals surface area contributed by atoms with E-state index < -0.39 is 36.6 Å². The molecule has 0 spiro atoms. The van der Waals surface area contributed by atoms with Crippen molar-refractivity contribution in [3.63, 3.8) is 0 Å². The molecule has 8 fully saturated rings. The van der Waals surface area contributed by atoms with Gasteiger partial charge in [0.15, 0.2) is 18.3 Å². The van der Waals surface area contributed by atoms with E-state index in [9.17, 15) is 43.6 Å². The number of rotatable bonds is 20. The Kier molecular flexibility index (Phi) is 24.5. The molecule has 0 bridgehead atoms. The summed E-state index contributed by atoms with van der Waals surface area (Å²) in [6.45, 7) is 11.7. The van der Waals surface area contributed by atoms with Gasteiger partial charge in [0, 0.05) is 40.9 Å². The van der Waals surface area contributed by atoms with Crippen molar-refractivity contribution in [2.24, 2.45) is 26.8 Å². The lowest BCUT2D eigenvalue weighted by Gasteiger charge is -2.33. The lowest BCUT2D eigenvalue weighted by atomic mass is 9.74. The summed E-state index contributed by atoms with van der Waals surface area (Å²) in [6, 6.07) is 30.5. The number of thioether (sulfide) groups is 1. The van der Waals surface area contributed by atoms with Gasteiger partial charge < -0.3 is 38.4 Å². The minimum Gasteiger partial charge on any atom is -0.493 e. The lowest BCUT2D eigenvalue weighted by Crippen LogP contribution is -2.37. The molecule has 8 amide bonds. The van der Waals surface area contributed by atoms with Crippen LogP contribution in [0.15, 0.2) is 102 Å². The van der Waals surface area contributed by atoms with Crippen molar-refractivity contribution < 1.29 is 76.7 Å². The van der Waals surface area contributed by atoms with Crippen molar-refractivity contribution in [3.8, 4) is 23.0 Å². The average molecular weight is 1310 g/mol. The van der Waals surface area contributed by atoms with E-state index in [2.05, 4.69) is 54.1 Å². The van der Waals surface area contributed by atoms with Gasteiger partial charge in [-0.25, -0.2) is 14.4 Å². The molecule has 4 heterocycles. The quantitative estimate of drug-likeness (QED) is 0.0238. The molecule has 8 aliphatic rings. The van der Waals surface area contributed by atoms with Crippen LogP contribution in [0, 0.1) is 21.7 Å². The minimum absolute atomic E-state index is 0.226. The molecule has 0 aromatic heterocycles. The van der Waals surface area contributed by atoms with Crippen LogP contribution in [-0.2, 0) is 59.1 Å². The van der Waals surface area contributed by atoms with E-state index in [1.165, 1.54) is 96.3 Å². The Hall–Kier alpha value is -8.14. The number of nitrogens with zero attached hydrogens (tertiary/aromatic N) is 1. The first-order chi connectivity index (χ1) is 45.1. The summed E-state index contributed by atoms with van der Waals surface area (Å²) in [5, 5.41) is 20.7. The predicted octanol–water partition coefficient (Wildman–Crippen LogP) is 13.0. The highest BCUT2D eigenvalue weighted by molar-refractivity contribution is 8.15. The van der Waals surface area contributed by atoms with Crippen molar-refractivity contribution in [2.45, 2.75) is 199 Å². The zero-order chi connectivity index (χ0) is 66.7. The maximum absolute atomic E-state index is 11.6. The van der Waals surface area contributed by atoms with Gasteiger partial charge >= 0.3 is 18.3 Å². The number of oxime groups is 1. The molecular formula is C72H91N5O16S. The van der Waals surface area contributed by atoms with Crippen LogP contribution in [0.5, 0.6) is 23.0 Å². The van der Waals surface area contributed by atoms with Crippen molar-refractivity contribution in [1.29, 1.82) is 0 Å². The molecule has 4 saturated heterocycles. The molecular weight excluding hydrogens is 1220 g/mol. The number of alkyl carbamates (subject to hydrolysis) is 3. The van der Waals surface area contributed by atoms with Crippen molar-refractivity contribution in [3.05, 3.63) is 119 Å². The van der Waals surface area contributed by atoms with E-state index in [4.69, 9.17) is 33.2 Å². The largest absolute Gasteiger partial charge is 0.493 e. The maximum atomic E-state index is 11.6. The van der Waals surface area contributed by atoms with Crippen molar-refractivity contribution >= 4 is 64.6 Å². The molecule has 5 unspecified atom stereocenters. The number of cyclic esters (lactones) is 3. The molecule has 4 aliphatic carbocycles. The SMILES string of the molecule is CC1(COc2ccc(CC3OC(=O)NC3=O)cc2)CCCC1.CC1(COc2ccc(CC3OC(=O)NC3=O)cc2)CCCCC1.CC1(COc2ccc(CC3OC(=O)NC3=O)cc2)CCCCCC1.CC1(COc2ccc(CC3SC(=O)NC3=O)cc2)CCCC/C1=N/O. The Morgan fingerprint density at radius 1 is 0.404 bits per heavy atom. The fourth-order valence-electron chi connectivity index (χ4n) is 13.1. The smallest absolute Gasteiger partial charge is 0.414 e. The zero-order valence-corrected chi connectivity index (χ0v) is 55.4. The first kappa shape index (κ1) is 70.2. The molecule has 21 nitrogen and oxygen atoms in total. The molecule has 94 heavy (non-hydrogen) atoms. The maximum Gasteiger partial charge on any atom is 0.414 e. The number of hydrogen-bond donors (Lipinski definition) is 5. The second-order valence-corrected chi connectivity index (χ2v) is 28.7. The Bertz CT molecular complexity index is 3290. The number of imide groups is 4. The highest BCUT2D eigenvalue weighted by Crippen LogP contribution is 2.40. The number of carbonyl (C=O) groups is 8. The summed E-state index contributed by atoms with van der Waals surface area (Å²) in [4.78, 5) is 90.3. The fraction of sp³-hybridized carbons (Fsp3) is 0.542. The van der Waals surface area contributed by atoms with Crippen LogP contribution >= 0.6 is 11.8 Å². The lowest BCUT2D eigenvalue weighted by molar-refractivity contribution is -0.124. The van der Waals surface area contributed by atoms with Gasteiger partial charge in [0.05, 0.1) is 37.4 Å². The second kappa shape index (κ2) is 32.8. The summed E-state index contributed by atoms with van der Waals surface area (Å²) in [6.07, 6.45) is 20.6. The van der Waals surface area contributed by atoms with E-state index in [-0.39, 0.29) is 50.4 Å².